The standard InChI is InChI=1S/C8H15NO5/c1-8(2)13-5(4(11)3-10)6(14-8)7(9)12/h4-6,10-11H,3H2,1-2H3,(H2,9,12)/t4-,5-,6-/m1/s1. The molecule has 1 aliphatic rings. The van der Waals surface area contributed by atoms with Gasteiger partial charge in [0.1, 0.15) is 12.2 Å². The lowest BCUT2D eigenvalue weighted by molar-refractivity contribution is -0.160. The number of hydrogen-bond acceptors (Lipinski definition) is 5. The first-order chi connectivity index (χ1) is 6.37. The summed E-state index contributed by atoms with van der Waals surface area (Å²) in [7, 11) is 0. The monoisotopic (exact) mass is 205 g/mol. The molecule has 1 amide bonds. The third kappa shape index (κ3) is 2.21. The first-order valence-corrected chi connectivity index (χ1v) is 4.31. The van der Waals surface area contributed by atoms with Crippen LogP contribution in [0.3, 0.4) is 0 Å². The Morgan fingerprint density at radius 1 is 1.57 bits per heavy atom. The van der Waals surface area contributed by atoms with E-state index in [0.29, 0.717) is 0 Å². The normalized spacial score (nSPS) is 32.9. The molecule has 1 saturated heterocycles. The van der Waals surface area contributed by atoms with E-state index in [1.54, 1.807) is 13.8 Å². The number of ether oxygens (including phenoxy) is 2. The third-order valence-electron chi connectivity index (χ3n) is 1.98. The van der Waals surface area contributed by atoms with Crippen LogP contribution < -0.4 is 5.73 Å². The molecule has 0 radical (unpaired) electrons. The molecule has 82 valence electrons. The Balaban J connectivity index is 2.77. The van der Waals surface area contributed by atoms with Crippen molar-refractivity contribution < 1.29 is 24.5 Å². The summed E-state index contributed by atoms with van der Waals surface area (Å²) < 4.78 is 10.4. The summed E-state index contributed by atoms with van der Waals surface area (Å²) in [6.45, 7) is 2.70. The van der Waals surface area contributed by atoms with Gasteiger partial charge in [0.2, 0.25) is 5.91 Å². The van der Waals surface area contributed by atoms with Gasteiger partial charge in [0.15, 0.2) is 11.9 Å². The molecule has 1 aliphatic heterocycles. The van der Waals surface area contributed by atoms with Crippen LogP contribution in [0, 0.1) is 0 Å². The van der Waals surface area contributed by atoms with Crippen molar-refractivity contribution >= 4 is 5.91 Å². The summed E-state index contributed by atoms with van der Waals surface area (Å²) in [5.41, 5.74) is 5.07. The fraction of sp³-hybridized carbons (Fsp3) is 0.875. The fourth-order valence-electron chi connectivity index (χ4n) is 1.39. The minimum atomic E-state index is -1.17. The molecule has 14 heavy (non-hydrogen) atoms. The molecule has 0 aromatic heterocycles. The minimum absolute atomic E-state index is 0.506. The number of rotatable bonds is 3. The van der Waals surface area contributed by atoms with E-state index >= 15 is 0 Å². The highest BCUT2D eigenvalue weighted by Gasteiger charge is 2.47. The number of aliphatic hydroxyl groups excluding tert-OH is 2. The molecule has 0 saturated carbocycles. The van der Waals surface area contributed by atoms with Crippen molar-refractivity contribution in [2.75, 3.05) is 6.61 Å². The van der Waals surface area contributed by atoms with Gasteiger partial charge in [-0.1, -0.05) is 0 Å². The van der Waals surface area contributed by atoms with E-state index in [1.807, 2.05) is 0 Å². The largest absolute Gasteiger partial charge is 0.394 e. The van der Waals surface area contributed by atoms with E-state index < -0.39 is 36.6 Å². The Hall–Kier alpha value is -0.690. The van der Waals surface area contributed by atoms with Gasteiger partial charge in [-0.3, -0.25) is 4.79 Å². The Labute approximate surface area is 81.6 Å². The first-order valence-electron chi connectivity index (χ1n) is 4.31. The molecule has 0 spiro atoms. The maximum absolute atomic E-state index is 10.9. The number of amides is 1. The van der Waals surface area contributed by atoms with Crippen molar-refractivity contribution in [2.45, 2.75) is 37.9 Å². The molecule has 3 atom stereocenters. The van der Waals surface area contributed by atoms with Crippen LogP contribution in [0.25, 0.3) is 0 Å². The molecule has 6 heteroatoms. The predicted molar refractivity (Wildman–Crippen MR) is 46.1 cm³/mol. The van der Waals surface area contributed by atoms with Crippen molar-refractivity contribution in [1.82, 2.24) is 0 Å². The van der Waals surface area contributed by atoms with Gasteiger partial charge in [-0.2, -0.15) is 0 Å². The van der Waals surface area contributed by atoms with Crippen molar-refractivity contribution in [3.63, 3.8) is 0 Å². The highest BCUT2D eigenvalue weighted by molar-refractivity contribution is 5.80. The Morgan fingerprint density at radius 2 is 2.14 bits per heavy atom. The molecule has 0 bridgehead atoms. The zero-order chi connectivity index (χ0) is 10.9. The van der Waals surface area contributed by atoms with Crippen molar-refractivity contribution in [3.8, 4) is 0 Å². The second-order valence-corrected chi connectivity index (χ2v) is 3.67. The molecule has 1 rings (SSSR count). The zero-order valence-electron chi connectivity index (χ0n) is 8.14. The minimum Gasteiger partial charge on any atom is -0.394 e. The number of aliphatic hydroxyl groups is 2. The maximum atomic E-state index is 10.9. The number of carbonyl (C=O) groups excluding carboxylic acids is 1. The van der Waals surface area contributed by atoms with Crippen molar-refractivity contribution in [3.05, 3.63) is 0 Å². The van der Waals surface area contributed by atoms with Gasteiger partial charge in [0.05, 0.1) is 6.61 Å². The van der Waals surface area contributed by atoms with Gasteiger partial charge in [-0.25, -0.2) is 0 Å². The van der Waals surface area contributed by atoms with Gasteiger partial charge in [-0.15, -0.1) is 0 Å². The van der Waals surface area contributed by atoms with Crippen LogP contribution in [0.15, 0.2) is 0 Å². The van der Waals surface area contributed by atoms with Gasteiger partial charge in [0, 0.05) is 0 Å². The number of nitrogens with two attached hydrogens (primary N) is 1. The molecule has 1 fully saturated rings. The Bertz CT molecular complexity index is 230. The lowest BCUT2D eigenvalue weighted by atomic mass is 10.1. The SMILES string of the molecule is CC1(C)O[C@H]([C@H](O)CO)[C@H](C(N)=O)O1. The van der Waals surface area contributed by atoms with Gasteiger partial charge in [0.25, 0.3) is 0 Å². The van der Waals surface area contributed by atoms with Crippen LogP contribution in [-0.2, 0) is 14.3 Å². The molecule has 0 unspecified atom stereocenters. The van der Waals surface area contributed by atoms with Crippen LogP contribution in [0.1, 0.15) is 13.8 Å². The van der Waals surface area contributed by atoms with Crippen molar-refractivity contribution in [2.24, 2.45) is 5.73 Å². The summed E-state index contributed by atoms with van der Waals surface area (Å²) in [6, 6.07) is 0. The van der Waals surface area contributed by atoms with E-state index in [9.17, 15) is 9.90 Å². The Morgan fingerprint density at radius 3 is 2.57 bits per heavy atom. The summed E-state index contributed by atoms with van der Waals surface area (Å²) in [4.78, 5) is 10.9. The van der Waals surface area contributed by atoms with E-state index in [1.165, 1.54) is 0 Å². The van der Waals surface area contributed by atoms with Crippen LogP contribution in [0.2, 0.25) is 0 Å². The van der Waals surface area contributed by atoms with Crippen LogP contribution in [0.4, 0.5) is 0 Å². The lowest BCUT2D eigenvalue weighted by Gasteiger charge is -2.19. The van der Waals surface area contributed by atoms with Crippen LogP contribution >= 0.6 is 0 Å². The molecule has 0 aliphatic carbocycles. The van der Waals surface area contributed by atoms with Gasteiger partial charge < -0.3 is 25.4 Å². The van der Waals surface area contributed by atoms with E-state index in [2.05, 4.69) is 0 Å². The van der Waals surface area contributed by atoms with E-state index in [4.69, 9.17) is 20.3 Å². The highest BCUT2D eigenvalue weighted by Crippen LogP contribution is 2.29. The van der Waals surface area contributed by atoms with E-state index in [0.717, 1.165) is 0 Å². The number of carbonyl (C=O) groups is 1. The topological polar surface area (TPSA) is 102 Å². The first kappa shape index (κ1) is 11.4. The quantitative estimate of drug-likeness (QED) is 0.512. The molecule has 0 aromatic rings. The number of primary amides is 1. The molecular formula is C8H15NO5. The third-order valence-corrected chi connectivity index (χ3v) is 1.98. The molecule has 1 heterocycles. The lowest BCUT2D eigenvalue weighted by Crippen LogP contribution is -2.44. The smallest absolute Gasteiger partial charge is 0.249 e. The van der Waals surface area contributed by atoms with Crippen molar-refractivity contribution in [1.29, 1.82) is 0 Å². The molecule has 4 N–H and O–H groups in total. The summed E-state index contributed by atoms with van der Waals surface area (Å²) in [5.74, 6) is -1.69. The predicted octanol–water partition coefficient (Wildman–Crippen LogP) is -1.65. The average molecular weight is 205 g/mol. The Kier molecular flexibility index (Phi) is 3.10. The molecule has 6 nitrogen and oxygen atoms in total. The number of hydrogen-bond donors (Lipinski definition) is 3. The highest BCUT2D eigenvalue weighted by atomic mass is 16.8. The summed E-state index contributed by atoms with van der Waals surface area (Å²) >= 11 is 0. The second-order valence-electron chi connectivity index (χ2n) is 3.67. The molecule has 0 aromatic carbocycles. The second kappa shape index (κ2) is 3.82. The van der Waals surface area contributed by atoms with Gasteiger partial charge in [-0.05, 0) is 13.8 Å². The van der Waals surface area contributed by atoms with Crippen LogP contribution in [-0.4, -0.2) is 46.8 Å². The molecular weight excluding hydrogens is 190 g/mol. The maximum Gasteiger partial charge on any atom is 0.249 e. The fourth-order valence-corrected chi connectivity index (χ4v) is 1.39. The van der Waals surface area contributed by atoms with E-state index in [-0.39, 0.29) is 0 Å². The zero-order valence-corrected chi connectivity index (χ0v) is 8.14. The van der Waals surface area contributed by atoms with Crippen LogP contribution in [0.5, 0.6) is 0 Å². The van der Waals surface area contributed by atoms with Gasteiger partial charge >= 0.3 is 0 Å². The summed E-state index contributed by atoms with van der Waals surface area (Å²) in [5, 5.41) is 18.1. The average Bonchev–Trinajstić information content (AvgIpc) is 2.40. The summed E-state index contributed by atoms with van der Waals surface area (Å²) in [6.07, 6.45) is -3.10.